The number of morpholine rings is 1. The van der Waals surface area contributed by atoms with Gasteiger partial charge in [0.1, 0.15) is 35.1 Å². The van der Waals surface area contributed by atoms with Crippen molar-refractivity contribution in [2.45, 2.75) is 25.8 Å². The van der Waals surface area contributed by atoms with Crippen LogP contribution in [0.1, 0.15) is 25.0 Å². The minimum Gasteiger partial charge on any atom is -0.378 e. The van der Waals surface area contributed by atoms with Gasteiger partial charge in [0.2, 0.25) is 0 Å². The molecule has 36 heavy (non-hydrogen) atoms. The van der Waals surface area contributed by atoms with Gasteiger partial charge >= 0.3 is 0 Å². The molecule has 0 aliphatic carbocycles. The predicted octanol–water partition coefficient (Wildman–Crippen LogP) is 4.24. The summed E-state index contributed by atoms with van der Waals surface area (Å²) in [5.41, 5.74) is 3.88. The van der Waals surface area contributed by atoms with Gasteiger partial charge in [-0.1, -0.05) is 29.9 Å². The monoisotopic (exact) mass is 487 g/mol. The van der Waals surface area contributed by atoms with E-state index in [4.69, 9.17) is 24.3 Å². The number of rotatable bonds is 5. The Bertz CT molecular complexity index is 1440. The van der Waals surface area contributed by atoms with Crippen molar-refractivity contribution in [3.8, 4) is 22.9 Å². The zero-order valence-corrected chi connectivity index (χ0v) is 20.2. The molecule has 0 unspecified atom stereocenters. The molecular weight excluding hydrogens is 461 g/mol. The summed E-state index contributed by atoms with van der Waals surface area (Å²) in [5.74, 6) is 1.74. The van der Waals surface area contributed by atoms with Gasteiger partial charge in [-0.2, -0.15) is 5.10 Å². The van der Waals surface area contributed by atoms with Crippen LogP contribution in [0.3, 0.4) is 0 Å². The van der Waals surface area contributed by atoms with E-state index in [0.717, 1.165) is 36.0 Å². The minimum absolute atomic E-state index is 0.220. The second-order valence-corrected chi connectivity index (χ2v) is 9.47. The lowest BCUT2D eigenvalue weighted by molar-refractivity contribution is 0.122. The molecule has 0 saturated carbocycles. The minimum atomic E-state index is -0.336. The van der Waals surface area contributed by atoms with Gasteiger partial charge in [0, 0.05) is 41.4 Å². The van der Waals surface area contributed by atoms with Crippen molar-refractivity contribution >= 4 is 11.6 Å². The van der Waals surface area contributed by atoms with E-state index >= 15 is 0 Å². The zero-order chi connectivity index (χ0) is 24.9. The summed E-state index contributed by atoms with van der Waals surface area (Å²) < 4.78 is 26.8. The van der Waals surface area contributed by atoms with Crippen molar-refractivity contribution in [3.63, 3.8) is 0 Å². The van der Waals surface area contributed by atoms with Gasteiger partial charge in [-0.3, -0.25) is 4.68 Å². The molecule has 2 aliphatic rings. The molecule has 1 fully saturated rings. The number of nitrogens with one attached hydrogen (secondary N) is 1. The highest BCUT2D eigenvalue weighted by Gasteiger charge is 2.40. The molecular formula is C26H26FN7O2. The summed E-state index contributed by atoms with van der Waals surface area (Å²) in [6, 6.07) is 10.3. The molecule has 3 aromatic heterocycles. The van der Waals surface area contributed by atoms with E-state index in [1.807, 2.05) is 6.07 Å². The summed E-state index contributed by atoms with van der Waals surface area (Å²) in [6.07, 6.45) is 1.50. The van der Waals surface area contributed by atoms with E-state index in [1.165, 1.54) is 12.3 Å². The summed E-state index contributed by atoms with van der Waals surface area (Å²) in [5, 5.41) is 12.2. The molecule has 0 radical (unpaired) electrons. The Morgan fingerprint density at radius 3 is 2.67 bits per heavy atom. The molecule has 9 nitrogen and oxygen atoms in total. The number of anilines is 2. The van der Waals surface area contributed by atoms with E-state index in [1.54, 1.807) is 28.9 Å². The van der Waals surface area contributed by atoms with Crippen LogP contribution in [0.2, 0.25) is 0 Å². The summed E-state index contributed by atoms with van der Waals surface area (Å²) in [7, 11) is 0. The first-order valence-corrected chi connectivity index (χ1v) is 11.9. The molecule has 1 saturated heterocycles. The molecule has 0 amide bonds. The molecule has 0 spiro atoms. The average molecular weight is 488 g/mol. The first-order chi connectivity index (χ1) is 17.4. The highest BCUT2D eigenvalue weighted by Crippen LogP contribution is 2.46. The molecule has 1 aromatic carbocycles. The third kappa shape index (κ3) is 3.74. The SMILES string of the molecule is C=C1Nc2nc(-c3cc(-c4ccon4)n(Cc4ccccc4F)n3)nc(N3CCOCC3)c2C1(C)C. The van der Waals surface area contributed by atoms with Gasteiger partial charge in [0.05, 0.1) is 25.5 Å². The molecule has 0 bridgehead atoms. The highest BCUT2D eigenvalue weighted by molar-refractivity contribution is 5.75. The lowest BCUT2D eigenvalue weighted by Crippen LogP contribution is -2.38. The fourth-order valence-electron chi connectivity index (χ4n) is 4.67. The topological polar surface area (TPSA) is 94.1 Å². The number of aromatic nitrogens is 5. The highest BCUT2D eigenvalue weighted by atomic mass is 19.1. The van der Waals surface area contributed by atoms with Crippen molar-refractivity contribution in [2.75, 3.05) is 36.5 Å². The lowest BCUT2D eigenvalue weighted by Gasteiger charge is -2.32. The van der Waals surface area contributed by atoms with Gasteiger partial charge in [-0.15, -0.1) is 0 Å². The number of hydrogen-bond donors (Lipinski definition) is 1. The van der Waals surface area contributed by atoms with Crippen LogP contribution in [-0.2, 0) is 16.7 Å². The maximum Gasteiger partial charge on any atom is 0.184 e. The van der Waals surface area contributed by atoms with Crippen LogP contribution in [-0.4, -0.2) is 51.2 Å². The average Bonchev–Trinajstić information content (AvgIpc) is 3.60. The van der Waals surface area contributed by atoms with Crippen LogP contribution in [0.5, 0.6) is 0 Å². The van der Waals surface area contributed by atoms with Gasteiger partial charge in [0.15, 0.2) is 5.82 Å². The first kappa shape index (κ1) is 22.4. The maximum atomic E-state index is 14.5. The maximum absolute atomic E-state index is 14.5. The van der Waals surface area contributed by atoms with Crippen LogP contribution < -0.4 is 10.2 Å². The fourth-order valence-corrected chi connectivity index (χ4v) is 4.67. The second kappa shape index (κ2) is 8.56. The Hall–Kier alpha value is -4.05. The molecule has 2 aliphatic heterocycles. The predicted molar refractivity (Wildman–Crippen MR) is 133 cm³/mol. The molecule has 1 N–H and O–H groups in total. The van der Waals surface area contributed by atoms with Crippen LogP contribution in [0, 0.1) is 5.82 Å². The van der Waals surface area contributed by atoms with Crippen LogP contribution in [0.15, 0.2) is 59.5 Å². The van der Waals surface area contributed by atoms with E-state index < -0.39 is 0 Å². The third-order valence-corrected chi connectivity index (χ3v) is 6.84. The van der Waals surface area contributed by atoms with Gasteiger partial charge in [-0.05, 0) is 26.0 Å². The van der Waals surface area contributed by atoms with Gasteiger partial charge < -0.3 is 19.5 Å². The fraction of sp³-hybridized carbons (Fsp3) is 0.308. The van der Waals surface area contributed by atoms with Crippen LogP contribution in [0.25, 0.3) is 22.9 Å². The van der Waals surface area contributed by atoms with Gasteiger partial charge in [-0.25, -0.2) is 14.4 Å². The van der Waals surface area contributed by atoms with E-state index in [2.05, 4.69) is 35.8 Å². The summed E-state index contributed by atoms with van der Waals surface area (Å²) in [4.78, 5) is 12.1. The Morgan fingerprint density at radius 2 is 1.92 bits per heavy atom. The normalized spacial score (nSPS) is 16.8. The zero-order valence-electron chi connectivity index (χ0n) is 20.2. The summed E-state index contributed by atoms with van der Waals surface area (Å²) in [6.45, 7) is 11.4. The second-order valence-electron chi connectivity index (χ2n) is 9.47. The number of nitrogens with zero attached hydrogens (tertiary/aromatic N) is 6. The number of ether oxygens (including phenoxy) is 1. The lowest BCUT2D eigenvalue weighted by atomic mass is 9.85. The Labute approximate surface area is 207 Å². The van der Waals surface area contributed by atoms with Crippen molar-refractivity contribution < 1.29 is 13.7 Å². The number of hydrogen-bond acceptors (Lipinski definition) is 8. The molecule has 0 atom stereocenters. The van der Waals surface area contributed by atoms with Crippen LogP contribution >= 0.6 is 0 Å². The molecule has 184 valence electrons. The Balaban J connectivity index is 1.49. The van der Waals surface area contributed by atoms with Crippen molar-refractivity contribution in [3.05, 3.63) is 71.9 Å². The Morgan fingerprint density at radius 1 is 1.11 bits per heavy atom. The van der Waals surface area contributed by atoms with Gasteiger partial charge in [0.25, 0.3) is 0 Å². The van der Waals surface area contributed by atoms with Crippen molar-refractivity contribution in [1.29, 1.82) is 0 Å². The van der Waals surface area contributed by atoms with Crippen molar-refractivity contribution in [1.82, 2.24) is 24.9 Å². The van der Waals surface area contributed by atoms with E-state index in [9.17, 15) is 4.39 Å². The Kier molecular flexibility index (Phi) is 5.33. The van der Waals surface area contributed by atoms with Crippen LogP contribution in [0.4, 0.5) is 16.0 Å². The summed E-state index contributed by atoms with van der Waals surface area (Å²) >= 11 is 0. The molecule has 5 heterocycles. The van der Waals surface area contributed by atoms with Crippen molar-refractivity contribution in [2.24, 2.45) is 0 Å². The molecule has 10 heteroatoms. The number of halogens is 1. The number of allylic oxidation sites excluding steroid dienone is 1. The molecule has 6 rings (SSSR count). The van der Waals surface area contributed by atoms with E-state index in [-0.39, 0.29) is 17.8 Å². The smallest absolute Gasteiger partial charge is 0.184 e. The molecule has 4 aromatic rings. The quantitative estimate of drug-likeness (QED) is 0.447. The standard InChI is InChI=1S/C26H26FN7O2/c1-16-26(2,3)22-24(28-16)29-23(30-25(22)33-9-12-35-13-10-33)20-14-21(19-8-11-36-32-19)34(31-20)15-17-6-4-5-7-18(17)27/h4-8,11,14H,1,9-10,12-13,15H2,2-3H3,(H,28,29,30). The number of fused-ring (bicyclic) bond motifs is 1. The largest absolute Gasteiger partial charge is 0.378 e. The third-order valence-electron chi connectivity index (χ3n) is 6.84. The van der Waals surface area contributed by atoms with E-state index in [0.29, 0.717) is 41.7 Å². The number of benzene rings is 1. The first-order valence-electron chi connectivity index (χ1n) is 11.9.